The molecule has 2 N–H and O–H groups in total. The summed E-state index contributed by atoms with van der Waals surface area (Å²) in [6.45, 7) is 5.47. The minimum absolute atomic E-state index is 0.568. The van der Waals surface area contributed by atoms with Crippen molar-refractivity contribution in [2.45, 2.75) is 65.3 Å². The Kier molecular flexibility index (Phi) is 6.74. The van der Waals surface area contributed by atoms with Crippen LogP contribution in [0.4, 0.5) is 0 Å². The van der Waals surface area contributed by atoms with Crippen molar-refractivity contribution in [1.29, 1.82) is 0 Å². The van der Waals surface area contributed by atoms with E-state index in [9.17, 15) is 0 Å². The highest BCUT2D eigenvalue weighted by molar-refractivity contribution is 5.79. The van der Waals surface area contributed by atoms with Gasteiger partial charge in [-0.1, -0.05) is 32.1 Å². The van der Waals surface area contributed by atoms with Crippen molar-refractivity contribution in [3.05, 3.63) is 17.3 Å². The zero-order valence-corrected chi connectivity index (χ0v) is 14.2. The predicted octanol–water partition coefficient (Wildman–Crippen LogP) is 3.32. The summed E-state index contributed by atoms with van der Waals surface area (Å²) in [5.41, 5.74) is 0.953. The molecule has 22 heavy (non-hydrogen) atoms. The molecule has 0 atom stereocenters. The van der Waals surface area contributed by atoms with E-state index in [1.54, 1.807) is 7.05 Å². The predicted molar refractivity (Wildman–Crippen MR) is 90.0 cm³/mol. The van der Waals surface area contributed by atoms with Gasteiger partial charge < -0.3 is 15.1 Å². The van der Waals surface area contributed by atoms with Gasteiger partial charge >= 0.3 is 0 Å². The maximum atomic E-state index is 5.58. The fourth-order valence-electron chi connectivity index (χ4n) is 2.98. The van der Waals surface area contributed by atoms with E-state index in [0.717, 1.165) is 29.9 Å². The number of aliphatic imine (C=N–C) groups is 1. The molecule has 124 valence electrons. The van der Waals surface area contributed by atoms with Crippen molar-refractivity contribution in [2.24, 2.45) is 10.9 Å². The van der Waals surface area contributed by atoms with Gasteiger partial charge in [0.05, 0.1) is 12.2 Å². The van der Waals surface area contributed by atoms with Crippen molar-refractivity contribution in [2.75, 3.05) is 13.6 Å². The first-order chi connectivity index (χ1) is 10.7. The van der Waals surface area contributed by atoms with E-state index < -0.39 is 0 Å². The molecule has 0 amide bonds. The van der Waals surface area contributed by atoms with Gasteiger partial charge in [-0.2, -0.15) is 0 Å². The Morgan fingerprint density at radius 3 is 2.41 bits per heavy atom. The van der Waals surface area contributed by atoms with Gasteiger partial charge in [0.1, 0.15) is 5.76 Å². The number of nitrogens with one attached hydrogen (secondary N) is 2. The van der Waals surface area contributed by atoms with E-state index in [1.807, 2.05) is 13.8 Å². The molecule has 0 unspecified atom stereocenters. The third kappa shape index (κ3) is 5.35. The highest BCUT2D eigenvalue weighted by Crippen LogP contribution is 2.21. The normalized spacial score (nSPS) is 17.9. The highest BCUT2D eigenvalue weighted by atomic mass is 16.4. The Bertz CT molecular complexity index is 454. The van der Waals surface area contributed by atoms with E-state index >= 15 is 0 Å². The summed E-state index contributed by atoms with van der Waals surface area (Å²) in [6.07, 6.45) is 9.61. The van der Waals surface area contributed by atoms with Crippen LogP contribution in [0.1, 0.15) is 62.3 Å². The molecule has 1 heterocycles. The van der Waals surface area contributed by atoms with Gasteiger partial charge in [0.2, 0.25) is 5.89 Å². The molecule has 5 nitrogen and oxygen atoms in total. The standard InChI is InChI=1S/C17H30N4O/c1-13-14(2)22-16(21-13)12-20-17(18-3)19-11-15-9-7-5-4-6-8-10-15/h15H,4-12H2,1-3H3,(H2,18,19,20). The van der Waals surface area contributed by atoms with Crippen LogP contribution < -0.4 is 10.6 Å². The minimum Gasteiger partial charge on any atom is -0.444 e. The highest BCUT2D eigenvalue weighted by Gasteiger charge is 2.12. The lowest BCUT2D eigenvalue weighted by atomic mass is 9.91. The maximum absolute atomic E-state index is 5.58. The molecule has 2 rings (SSSR count). The Labute approximate surface area is 134 Å². The molecule has 0 aliphatic heterocycles. The zero-order valence-electron chi connectivity index (χ0n) is 14.2. The number of guanidine groups is 1. The molecule has 1 aliphatic rings. The van der Waals surface area contributed by atoms with Crippen LogP contribution in [0.3, 0.4) is 0 Å². The topological polar surface area (TPSA) is 62.5 Å². The maximum Gasteiger partial charge on any atom is 0.214 e. The van der Waals surface area contributed by atoms with Crippen LogP contribution in [0.5, 0.6) is 0 Å². The first-order valence-electron chi connectivity index (χ1n) is 8.56. The van der Waals surface area contributed by atoms with Crippen LogP contribution in [0.2, 0.25) is 0 Å². The molecule has 0 spiro atoms. The van der Waals surface area contributed by atoms with Crippen molar-refractivity contribution in [1.82, 2.24) is 15.6 Å². The lowest BCUT2D eigenvalue weighted by Crippen LogP contribution is -2.39. The monoisotopic (exact) mass is 306 g/mol. The molecular formula is C17H30N4O. The number of nitrogens with zero attached hydrogens (tertiary/aromatic N) is 2. The lowest BCUT2D eigenvalue weighted by molar-refractivity contribution is 0.374. The first kappa shape index (κ1) is 16.8. The Morgan fingerprint density at radius 2 is 1.82 bits per heavy atom. The molecule has 1 saturated carbocycles. The van der Waals surface area contributed by atoms with Gasteiger partial charge in [-0.15, -0.1) is 0 Å². The van der Waals surface area contributed by atoms with E-state index in [4.69, 9.17) is 4.42 Å². The fraction of sp³-hybridized carbons (Fsp3) is 0.765. The zero-order chi connectivity index (χ0) is 15.8. The largest absolute Gasteiger partial charge is 0.444 e. The van der Waals surface area contributed by atoms with Gasteiger partial charge in [0.15, 0.2) is 5.96 Å². The average Bonchev–Trinajstić information content (AvgIpc) is 2.79. The fourth-order valence-corrected chi connectivity index (χ4v) is 2.98. The Balaban J connectivity index is 1.74. The van der Waals surface area contributed by atoms with E-state index in [0.29, 0.717) is 12.4 Å². The molecular weight excluding hydrogens is 276 g/mol. The SMILES string of the molecule is CN=C(NCc1nc(C)c(C)o1)NCC1CCCCCCC1. The Morgan fingerprint density at radius 1 is 1.14 bits per heavy atom. The van der Waals surface area contributed by atoms with Crippen LogP contribution in [0, 0.1) is 19.8 Å². The van der Waals surface area contributed by atoms with Crippen LogP contribution >= 0.6 is 0 Å². The third-order valence-corrected chi connectivity index (χ3v) is 4.49. The smallest absolute Gasteiger partial charge is 0.214 e. The number of hydrogen-bond acceptors (Lipinski definition) is 3. The molecule has 1 fully saturated rings. The number of aromatic nitrogens is 1. The van der Waals surface area contributed by atoms with Gasteiger partial charge in [0.25, 0.3) is 0 Å². The van der Waals surface area contributed by atoms with Crippen molar-refractivity contribution in [3.63, 3.8) is 0 Å². The molecule has 0 aromatic carbocycles. The summed E-state index contributed by atoms with van der Waals surface area (Å²) in [7, 11) is 1.81. The summed E-state index contributed by atoms with van der Waals surface area (Å²) in [4.78, 5) is 8.66. The van der Waals surface area contributed by atoms with E-state index in [2.05, 4.69) is 20.6 Å². The average molecular weight is 306 g/mol. The molecule has 0 radical (unpaired) electrons. The number of aryl methyl sites for hydroxylation is 2. The van der Waals surface area contributed by atoms with Gasteiger partial charge in [-0.05, 0) is 32.6 Å². The molecule has 0 saturated heterocycles. The lowest BCUT2D eigenvalue weighted by Gasteiger charge is -2.21. The van der Waals surface area contributed by atoms with Gasteiger partial charge in [0, 0.05) is 13.6 Å². The van der Waals surface area contributed by atoms with Crippen LogP contribution in [0.25, 0.3) is 0 Å². The van der Waals surface area contributed by atoms with E-state index in [1.165, 1.54) is 44.9 Å². The van der Waals surface area contributed by atoms with Gasteiger partial charge in [-0.25, -0.2) is 4.98 Å². The van der Waals surface area contributed by atoms with E-state index in [-0.39, 0.29) is 0 Å². The van der Waals surface area contributed by atoms with Crippen molar-refractivity contribution >= 4 is 5.96 Å². The molecule has 1 aromatic heterocycles. The van der Waals surface area contributed by atoms with Crippen LogP contribution in [-0.4, -0.2) is 24.5 Å². The number of rotatable bonds is 4. The summed E-state index contributed by atoms with van der Waals surface area (Å²) in [5, 5.41) is 6.72. The second kappa shape index (κ2) is 8.81. The van der Waals surface area contributed by atoms with Crippen LogP contribution in [-0.2, 0) is 6.54 Å². The summed E-state index contributed by atoms with van der Waals surface area (Å²) >= 11 is 0. The third-order valence-electron chi connectivity index (χ3n) is 4.49. The summed E-state index contributed by atoms with van der Waals surface area (Å²) in [6, 6.07) is 0. The second-order valence-electron chi connectivity index (χ2n) is 6.27. The quantitative estimate of drug-likeness (QED) is 0.662. The first-order valence-corrected chi connectivity index (χ1v) is 8.56. The second-order valence-corrected chi connectivity index (χ2v) is 6.27. The molecule has 1 aliphatic carbocycles. The molecule has 5 heteroatoms. The van der Waals surface area contributed by atoms with Gasteiger partial charge in [-0.3, -0.25) is 4.99 Å². The Hall–Kier alpha value is -1.52. The molecule has 0 bridgehead atoms. The van der Waals surface area contributed by atoms with Crippen molar-refractivity contribution < 1.29 is 4.42 Å². The number of hydrogen-bond donors (Lipinski definition) is 2. The van der Waals surface area contributed by atoms with Crippen LogP contribution in [0.15, 0.2) is 9.41 Å². The summed E-state index contributed by atoms with van der Waals surface area (Å²) < 4.78 is 5.58. The molecule has 1 aromatic rings. The minimum atomic E-state index is 0.568. The number of oxazole rings is 1. The summed E-state index contributed by atoms with van der Waals surface area (Å²) in [5.74, 6) is 3.19. The van der Waals surface area contributed by atoms with Crippen molar-refractivity contribution in [3.8, 4) is 0 Å².